The highest BCUT2D eigenvalue weighted by Gasteiger charge is 2.29. The summed E-state index contributed by atoms with van der Waals surface area (Å²) in [5.41, 5.74) is 4.74. The largest absolute Gasteiger partial charge is 0.481 e. The van der Waals surface area contributed by atoms with Gasteiger partial charge >= 0.3 is 12.1 Å². The summed E-state index contributed by atoms with van der Waals surface area (Å²) in [4.78, 5) is 35.3. The van der Waals surface area contributed by atoms with Crippen LogP contribution in [0.1, 0.15) is 63.5 Å². The second-order valence-electron chi connectivity index (χ2n) is 9.65. The first-order valence-corrected chi connectivity index (χ1v) is 12.4. The van der Waals surface area contributed by atoms with Crippen molar-refractivity contribution in [2.75, 3.05) is 13.2 Å². The predicted octanol–water partition coefficient (Wildman–Crippen LogP) is 4.95. The maximum Gasteiger partial charge on any atom is 0.407 e. The van der Waals surface area contributed by atoms with Gasteiger partial charge in [0.1, 0.15) is 6.61 Å². The van der Waals surface area contributed by atoms with Crippen LogP contribution in [0.5, 0.6) is 0 Å². The molecule has 7 heteroatoms. The molecular formula is C28H36N2O5. The van der Waals surface area contributed by atoms with E-state index in [1.54, 1.807) is 6.92 Å². The van der Waals surface area contributed by atoms with Gasteiger partial charge in [0.05, 0.1) is 6.42 Å². The molecule has 3 N–H and O–H groups in total. The van der Waals surface area contributed by atoms with Gasteiger partial charge in [-0.05, 0) is 53.9 Å². The molecular weight excluding hydrogens is 444 g/mol. The fourth-order valence-corrected chi connectivity index (χ4v) is 4.80. The Morgan fingerprint density at radius 3 is 2.11 bits per heavy atom. The number of carbonyl (C=O) groups is 3. The molecule has 7 nitrogen and oxygen atoms in total. The summed E-state index contributed by atoms with van der Waals surface area (Å²) in [6, 6.07) is 16.1. The second-order valence-corrected chi connectivity index (χ2v) is 9.65. The number of fused-ring (bicyclic) bond motifs is 3. The van der Waals surface area contributed by atoms with Crippen LogP contribution in [-0.2, 0) is 14.3 Å². The van der Waals surface area contributed by atoms with Crippen LogP contribution in [0.15, 0.2) is 48.5 Å². The van der Waals surface area contributed by atoms with Crippen molar-refractivity contribution >= 4 is 18.0 Å². The molecule has 1 aliphatic rings. The molecule has 0 saturated carbocycles. The van der Waals surface area contributed by atoms with E-state index in [-0.39, 0.29) is 30.8 Å². The monoisotopic (exact) mass is 480 g/mol. The first kappa shape index (κ1) is 26.3. The first-order chi connectivity index (χ1) is 16.8. The number of carboxylic acid groups (broad SMARTS) is 1. The van der Waals surface area contributed by atoms with Crippen LogP contribution in [-0.4, -0.2) is 42.3 Å². The fraction of sp³-hybridized carbons (Fsp3) is 0.464. The van der Waals surface area contributed by atoms with Crippen molar-refractivity contribution in [2.24, 2.45) is 11.8 Å². The van der Waals surface area contributed by atoms with Crippen LogP contribution in [0.4, 0.5) is 4.79 Å². The van der Waals surface area contributed by atoms with Gasteiger partial charge in [-0.3, -0.25) is 9.59 Å². The molecule has 188 valence electrons. The molecule has 3 rings (SSSR count). The molecule has 0 heterocycles. The highest BCUT2D eigenvalue weighted by molar-refractivity contribution is 5.79. The van der Waals surface area contributed by atoms with E-state index in [4.69, 9.17) is 9.84 Å². The zero-order valence-electron chi connectivity index (χ0n) is 20.8. The Morgan fingerprint density at radius 1 is 0.943 bits per heavy atom. The van der Waals surface area contributed by atoms with Gasteiger partial charge in [-0.1, -0.05) is 62.4 Å². The lowest BCUT2D eigenvalue weighted by Crippen LogP contribution is -2.34. The molecule has 2 aromatic carbocycles. The third kappa shape index (κ3) is 7.31. The van der Waals surface area contributed by atoms with Gasteiger partial charge in [-0.25, -0.2) is 4.79 Å². The van der Waals surface area contributed by atoms with Crippen molar-refractivity contribution in [1.29, 1.82) is 0 Å². The molecule has 0 fully saturated rings. The van der Waals surface area contributed by atoms with Crippen LogP contribution in [0.25, 0.3) is 11.1 Å². The molecule has 1 aliphatic carbocycles. The van der Waals surface area contributed by atoms with Gasteiger partial charge in [-0.2, -0.15) is 0 Å². The smallest absolute Gasteiger partial charge is 0.407 e. The maximum absolute atomic E-state index is 12.4. The Bertz CT molecular complexity index is 990. The average Bonchev–Trinajstić information content (AvgIpc) is 3.12. The van der Waals surface area contributed by atoms with Crippen LogP contribution in [0.2, 0.25) is 0 Å². The number of hydrogen-bond acceptors (Lipinski definition) is 4. The minimum Gasteiger partial charge on any atom is -0.481 e. The number of aliphatic carboxylic acids is 1. The molecule has 2 aromatic rings. The number of amides is 2. The lowest BCUT2D eigenvalue weighted by atomic mass is 9.88. The van der Waals surface area contributed by atoms with E-state index < -0.39 is 18.1 Å². The van der Waals surface area contributed by atoms with Gasteiger partial charge in [0.15, 0.2) is 0 Å². The third-order valence-corrected chi connectivity index (χ3v) is 6.70. The Hall–Kier alpha value is -3.35. The van der Waals surface area contributed by atoms with Gasteiger partial charge in [0.2, 0.25) is 5.91 Å². The fourth-order valence-electron chi connectivity index (χ4n) is 4.80. The number of rotatable bonds is 12. The van der Waals surface area contributed by atoms with Crippen molar-refractivity contribution in [2.45, 2.75) is 58.4 Å². The summed E-state index contributed by atoms with van der Waals surface area (Å²) in [7, 11) is 0. The number of benzene rings is 2. The number of alkyl carbamates (subject to hydrolysis) is 1. The quantitative estimate of drug-likeness (QED) is 0.399. The van der Waals surface area contributed by atoms with Crippen LogP contribution < -0.4 is 10.6 Å². The highest BCUT2D eigenvalue weighted by atomic mass is 16.5. The normalized spacial score (nSPS) is 14.1. The van der Waals surface area contributed by atoms with E-state index in [0.717, 1.165) is 6.42 Å². The number of carboxylic acids is 1. The van der Waals surface area contributed by atoms with Crippen molar-refractivity contribution in [3.05, 3.63) is 59.7 Å². The van der Waals surface area contributed by atoms with Gasteiger partial charge in [-0.15, -0.1) is 0 Å². The Labute approximate surface area is 207 Å². The van der Waals surface area contributed by atoms with Crippen molar-refractivity contribution in [3.8, 4) is 11.1 Å². The predicted molar refractivity (Wildman–Crippen MR) is 135 cm³/mol. The SMILES string of the molecule is CC(CC(=O)O)NC(=O)CCC(CCNC(=O)OCC1c2ccccc2-c2ccccc21)C(C)C. The summed E-state index contributed by atoms with van der Waals surface area (Å²) in [5.74, 6) is -0.447. The molecule has 0 aliphatic heterocycles. The lowest BCUT2D eigenvalue weighted by Gasteiger charge is -2.21. The van der Waals surface area contributed by atoms with E-state index in [0.29, 0.717) is 25.3 Å². The van der Waals surface area contributed by atoms with Gasteiger partial charge in [0, 0.05) is 24.9 Å². The summed E-state index contributed by atoms with van der Waals surface area (Å²) in [6.45, 7) is 6.63. The minimum atomic E-state index is -0.933. The van der Waals surface area contributed by atoms with E-state index in [1.165, 1.54) is 22.3 Å². The molecule has 0 saturated heterocycles. The highest BCUT2D eigenvalue weighted by Crippen LogP contribution is 2.44. The maximum atomic E-state index is 12.4. The molecule has 2 atom stereocenters. The molecule has 2 unspecified atom stereocenters. The Balaban J connectivity index is 1.43. The van der Waals surface area contributed by atoms with Gasteiger partial charge < -0.3 is 20.5 Å². The third-order valence-electron chi connectivity index (χ3n) is 6.70. The van der Waals surface area contributed by atoms with Crippen LogP contribution >= 0.6 is 0 Å². The summed E-state index contributed by atoms with van der Waals surface area (Å²) >= 11 is 0. The molecule has 0 radical (unpaired) electrons. The standard InChI is InChI=1S/C28H36N2O5/c1-18(2)20(12-13-26(31)30-19(3)16-27(32)33)14-15-29-28(34)35-17-25-23-10-6-4-8-21(23)22-9-5-7-11-24(22)25/h4-11,18-20,25H,12-17H2,1-3H3,(H,29,34)(H,30,31)(H,32,33). The second kappa shape index (κ2) is 12.4. The van der Waals surface area contributed by atoms with Gasteiger partial charge in [0.25, 0.3) is 0 Å². The lowest BCUT2D eigenvalue weighted by molar-refractivity contribution is -0.137. The van der Waals surface area contributed by atoms with Crippen LogP contribution in [0.3, 0.4) is 0 Å². The summed E-state index contributed by atoms with van der Waals surface area (Å²) in [5, 5.41) is 14.4. The number of hydrogen-bond donors (Lipinski definition) is 3. The van der Waals surface area contributed by atoms with Crippen molar-refractivity contribution in [1.82, 2.24) is 10.6 Å². The van der Waals surface area contributed by atoms with E-state index in [2.05, 4.69) is 48.7 Å². The zero-order valence-corrected chi connectivity index (χ0v) is 20.8. The molecule has 0 bridgehead atoms. The summed E-state index contributed by atoms with van der Waals surface area (Å²) in [6.07, 6.45) is 1.21. The molecule has 0 spiro atoms. The summed E-state index contributed by atoms with van der Waals surface area (Å²) < 4.78 is 5.59. The first-order valence-electron chi connectivity index (χ1n) is 12.4. The number of carbonyl (C=O) groups excluding carboxylic acids is 2. The van der Waals surface area contributed by atoms with E-state index >= 15 is 0 Å². The van der Waals surface area contributed by atoms with E-state index in [9.17, 15) is 14.4 Å². The Kier molecular flexibility index (Phi) is 9.29. The number of ether oxygens (including phenoxy) is 1. The molecule has 0 aromatic heterocycles. The topological polar surface area (TPSA) is 105 Å². The van der Waals surface area contributed by atoms with Crippen molar-refractivity contribution in [3.63, 3.8) is 0 Å². The minimum absolute atomic E-state index is 0.0265. The molecule has 2 amide bonds. The Morgan fingerprint density at radius 2 is 1.54 bits per heavy atom. The van der Waals surface area contributed by atoms with Crippen molar-refractivity contribution < 1.29 is 24.2 Å². The molecule has 35 heavy (non-hydrogen) atoms. The average molecular weight is 481 g/mol. The van der Waals surface area contributed by atoms with Crippen LogP contribution in [0, 0.1) is 11.8 Å². The van der Waals surface area contributed by atoms with E-state index in [1.807, 2.05) is 24.3 Å². The number of nitrogens with one attached hydrogen (secondary N) is 2. The zero-order chi connectivity index (χ0) is 25.4.